The van der Waals surface area contributed by atoms with Gasteiger partial charge in [-0.25, -0.2) is 15.0 Å². The van der Waals surface area contributed by atoms with Crippen LogP contribution in [-0.4, -0.2) is 44.8 Å². The summed E-state index contributed by atoms with van der Waals surface area (Å²) < 4.78 is 29.6. The number of phenols is 1. The normalized spacial score (nSPS) is 11.5. The molecule has 0 spiro atoms. The molecule has 0 unspecified atom stereocenters. The number of hydrogen-bond acceptors (Lipinski definition) is 8. The summed E-state index contributed by atoms with van der Waals surface area (Å²) in [6.45, 7) is -0.0952. The van der Waals surface area contributed by atoms with E-state index in [0.29, 0.717) is 28.7 Å². The lowest BCUT2D eigenvalue weighted by atomic mass is 10.1. The molecule has 0 fully saturated rings. The number of aliphatic hydroxyl groups is 1. The van der Waals surface area contributed by atoms with Gasteiger partial charge in [-0.05, 0) is 30.2 Å². The van der Waals surface area contributed by atoms with Crippen LogP contribution in [-0.2, 0) is 23.5 Å². The predicted molar refractivity (Wildman–Crippen MR) is 116 cm³/mol. The maximum Gasteiger partial charge on any atom is 0.282 e. The summed E-state index contributed by atoms with van der Waals surface area (Å²) in [5, 5.41) is 22.1. The van der Waals surface area contributed by atoms with Crippen LogP contribution in [0.1, 0.15) is 5.56 Å². The van der Waals surface area contributed by atoms with E-state index in [2.05, 4.69) is 25.0 Å². The van der Waals surface area contributed by atoms with Crippen molar-refractivity contribution in [1.29, 1.82) is 0 Å². The van der Waals surface area contributed by atoms with Crippen LogP contribution < -0.4 is 10.0 Å². The number of para-hydroxylation sites is 2. The van der Waals surface area contributed by atoms with Crippen LogP contribution in [0.2, 0.25) is 0 Å². The maximum absolute atomic E-state index is 12.8. The van der Waals surface area contributed by atoms with E-state index in [1.807, 2.05) is 0 Å². The Hall–Kier alpha value is -3.70. The fourth-order valence-electron chi connectivity index (χ4n) is 3.01. The van der Waals surface area contributed by atoms with Crippen molar-refractivity contribution in [3.8, 4) is 5.75 Å². The van der Waals surface area contributed by atoms with Crippen LogP contribution >= 0.6 is 0 Å². The topological polar surface area (TPSA) is 142 Å². The Morgan fingerprint density at radius 2 is 1.77 bits per heavy atom. The fraction of sp³-hybridized carbons (Fsp3) is 0.150. The zero-order valence-electron chi connectivity index (χ0n) is 16.5. The average molecular weight is 440 g/mol. The fourth-order valence-corrected chi connectivity index (χ4v) is 4.00. The van der Waals surface area contributed by atoms with Gasteiger partial charge < -0.3 is 20.1 Å². The SMILES string of the molecule is Cn1cnc(S(=O)(=O)Nc2nc3ccccc3nc2Nc2cc(O)ccc2CCO)c1. The molecular formula is C20H20N6O4S. The van der Waals surface area contributed by atoms with Gasteiger partial charge in [0.2, 0.25) is 0 Å². The average Bonchev–Trinajstić information content (AvgIpc) is 3.18. The van der Waals surface area contributed by atoms with Gasteiger partial charge in [-0.15, -0.1) is 0 Å². The molecule has 2 heterocycles. The van der Waals surface area contributed by atoms with E-state index in [9.17, 15) is 18.6 Å². The number of nitrogens with one attached hydrogen (secondary N) is 2. The Bertz CT molecular complexity index is 1350. The predicted octanol–water partition coefficient (Wildman–Crippen LogP) is 2.15. The molecule has 0 radical (unpaired) electrons. The van der Waals surface area contributed by atoms with Crippen LogP contribution in [0.3, 0.4) is 0 Å². The highest BCUT2D eigenvalue weighted by Gasteiger charge is 2.21. The van der Waals surface area contributed by atoms with E-state index in [4.69, 9.17) is 0 Å². The Balaban J connectivity index is 1.80. The number of aromatic hydroxyl groups is 1. The highest BCUT2D eigenvalue weighted by Crippen LogP contribution is 2.30. The lowest BCUT2D eigenvalue weighted by molar-refractivity contribution is 0.299. The molecule has 2 aromatic carbocycles. The van der Waals surface area contributed by atoms with E-state index in [1.165, 1.54) is 29.2 Å². The highest BCUT2D eigenvalue weighted by atomic mass is 32.2. The van der Waals surface area contributed by atoms with Gasteiger partial charge in [0.1, 0.15) is 5.75 Å². The third-order valence-corrected chi connectivity index (χ3v) is 5.71. The zero-order chi connectivity index (χ0) is 22.0. The van der Waals surface area contributed by atoms with Gasteiger partial charge in [0.15, 0.2) is 16.7 Å². The second-order valence-corrected chi connectivity index (χ2v) is 8.46. The second-order valence-electron chi connectivity index (χ2n) is 6.83. The van der Waals surface area contributed by atoms with Crippen LogP contribution in [0, 0.1) is 0 Å². The molecule has 0 bridgehead atoms. The van der Waals surface area contributed by atoms with Crippen molar-refractivity contribution < 1.29 is 18.6 Å². The summed E-state index contributed by atoms with van der Waals surface area (Å²) in [6, 6.07) is 11.7. The number of aromatic nitrogens is 4. The van der Waals surface area contributed by atoms with Crippen molar-refractivity contribution >= 4 is 38.4 Å². The van der Waals surface area contributed by atoms with Crippen molar-refractivity contribution in [3.63, 3.8) is 0 Å². The number of anilines is 3. The van der Waals surface area contributed by atoms with Crippen LogP contribution in [0.15, 0.2) is 60.0 Å². The Labute approximate surface area is 178 Å². The molecule has 31 heavy (non-hydrogen) atoms. The number of phenolic OH excluding ortho intramolecular Hbond substituents is 1. The number of benzene rings is 2. The molecule has 0 saturated carbocycles. The Morgan fingerprint density at radius 1 is 1.06 bits per heavy atom. The molecule has 0 aliphatic rings. The molecular weight excluding hydrogens is 420 g/mol. The van der Waals surface area contributed by atoms with Crippen molar-refractivity contribution in [3.05, 3.63) is 60.6 Å². The molecule has 10 nitrogen and oxygen atoms in total. The number of aliphatic hydroxyl groups excluding tert-OH is 1. The van der Waals surface area contributed by atoms with Crippen LogP contribution in [0.5, 0.6) is 5.75 Å². The van der Waals surface area contributed by atoms with Gasteiger partial charge in [-0.1, -0.05) is 18.2 Å². The third-order valence-electron chi connectivity index (χ3n) is 4.49. The first kappa shape index (κ1) is 20.6. The number of imidazole rings is 1. The molecule has 4 aromatic rings. The van der Waals surface area contributed by atoms with Gasteiger partial charge in [-0.2, -0.15) is 8.42 Å². The van der Waals surface area contributed by atoms with Gasteiger partial charge in [-0.3, -0.25) is 4.72 Å². The van der Waals surface area contributed by atoms with Gasteiger partial charge in [0.25, 0.3) is 10.0 Å². The van der Waals surface area contributed by atoms with Gasteiger partial charge >= 0.3 is 0 Å². The molecule has 0 aliphatic carbocycles. The lowest BCUT2D eigenvalue weighted by Gasteiger charge is -2.15. The Morgan fingerprint density at radius 3 is 2.42 bits per heavy atom. The second kappa shape index (κ2) is 8.20. The first-order valence-electron chi connectivity index (χ1n) is 9.33. The first-order valence-corrected chi connectivity index (χ1v) is 10.8. The quantitative estimate of drug-likeness (QED) is 0.342. The summed E-state index contributed by atoms with van der Waals surface area (Å²) in [6.07, 6.45) is 3.09. The smallest absolute Gasteiger partial charge is 0.282 e. The summed E-state index contributed by atoms with van der Waals surface area (Å²) in [4.78, 5) is 12.8. The number of aryl methyl sites for hydroxylation is 1. The summed E-state index contributed by atoms with van der Waals surface area (Å²) in [7, 11) is -2.35. The minimum absolute atomic E-state index is 0.00792. The minimum Gasteiger partial charge on any atom is -0.508 e. The van der Waals surface area contributed by atoms with Gasteiger partial charge in [0, 0.05) is 31.6 Å². The molecule has 0 amide bonds. The minimum atomic E-state index is -4.02. The summed E-state index contributed by atoms with van der Waals surface area (Å²) >= 11 is 0. The molecule has 0 atom stereocenters. The first-order chi connectivity index (χ1) is 14.9. The molecule has 0 aliphatic heterocycles. The van der Waals surface area contributed by atoms with E-state index in [1.54, 1.807) is 37.4 Å². The van der Waals surface area contributed by atoms with E-state index >= 15 is 0 Å². The number of sulfonamides is 1. The van der Waals surface area contributed by atoms with Crippen molar-refractivity contribution in [2.24, 2.45) is 7.05 Å². The van der Waals surface area contributed by atoms with Crippen molar-refractivity contribution in [2.75, 3.05) is 16.6 Å². The molecule has 2 aromatic heterocycles. The molecule has 11 heteroatoms. The molecule has 4 N–H and O–H groups in total. The zero-order valence-corrected chi connectivity index (χ0v) is 17.3. The summed E-state index contributed by atoms with van der Waals surface area (Å²) in [5.74, 6) is 0.124. The molecule has 160 valence electrons. The van der Waals surface area contributed by atoms with Crippen molar-refractivity contribution in [1.82, 2.24) is 19.5 Å². The van der Waals surface area contributed by atoms with E-state index in [0.717, 1.165) is 0 Å². The molecule has 0 saturated heterocycles. The maximum atomic E-state index is 12.8. The standard InChI is InChI=1S/C20H20N6O4S/c1-26-11-18(21-12-26)31(29,30)25-20-19(22-15-4-2-3-5-16(15)23-20)24-17-10-14(28)7-6-13(17)8-9-27/h2-7,10-12,27-28H,8-9H2,1H3,(H,22,24)(H,23,25). The number of rotatable bonds is 7. The number of nitrogens with zero attached hydrogens (tertiary/aromatic N) is 4. The van der Waals surface area contributed by atoms with Gasteiger partial charge in [0.05, 0.1) is 17.4 Å². The lowest BCUT2D eigenvalue weighted by Crippen LogP contribution is -2.16. The summed E-state index contributed by atoms with van der Waals surface area (Å²) in [5.41, 5.74) is 2.23. The van der Waals surface area contributed by atoms with E-state index < -0.39 is 10.0 Å². The van der Waals surface area contributed by atoms with E-state index in [-0.39, 0.29) is 29.0 Å². The number of fused-ring (bicyclic) bond motifs is 1. The van der Waals surface area contributed by atoms with Crippen LogP contribution in [0.25, 0.3) is 11.0 Å². The van der Waals surface area contributed by atoms with Crippen molar-refractivity contribution in [2.45, 2.75) is 11.4 Å². The van der Waals surface area contributed by atoms with Crippen LogP contribution in [0.4, 0.5) is 17.3 Å². The largest absolute Gasteiger partial charge is 0.508 e. The third kappa shape index (κ3) is 4.42. The monoisotopic (exact) mass is 440 g/mol. The Kier molecular flexibility index (Phi) is 5.44. The highest BCUT2D eigenvalue weighted by molar-refractivity contribution is 7.92. The number of hydrogen-bond donors (Lipinski definition) is 4. The molecule has 4 rings (SSSR count).